The Kier molecular flexibility index (Phi) is 5.57. The molecule has 0 radical (unpaired) electrons. The van der Waals surface area contributed by atoms with Crippen molar-refractivity contribution in [3.8, 4) is 0 Å². The van der Waals surface area contributed by atoms with Crippen LogP contribution < -0.4 is 16.0 Å². The van der Waals surface area contributed by atoms with Gasteiger partial charge >= 0.3 is 0 Å². The number of halogens is 2. The molecule has 3 N–H and O–H groups in total. The molecule has 31 heavy (non-hydrogen) atoms. The van der Waals surface area contributed by atoms with E-state index >= 15 is 0 Å². The molecule has 1 aromatic carbocycles. The number of nitrogen functional groups attached to an aromatic ring is 1. The topological polar surface area (TPSA) is 97.0 Å². The molecule has 0 aliphatic carbocycles. The molecular formula is C22H20F2N6O. The number of carbonyl (C=O) groups is 1. The molecule has 0 saturated carbocycles. The summed E-state index contributed by atoms with van der Waals surface area (Å²) in [6, 6.07) is 6.83. The molecule has 1 amide bonds. The zero-order chi connectivity index (χ0) is 22.0. The van der Waals surface area contributed by atoms with E-state index in [9.17, 15) is 13.6 Å². The minimum atomic E-state index is -0.945. The first kappa shape index (κ1) is 20.4. The molecule has 0 fully saturated rings. The van der Waals surface area contributed by atoms with Crippen LogP contribution in [0.2, 0.25) is 0 Å². The predicted octanol–water partition coefficient (Wildman–Crippen LogP) is 3.67. The first-order chi connectivity index (χ1) is 14.9. The maximum absolute atomic E-state index is 13.8. The van der Waals surface area contributed by atoms with Gasteiger partial charge in [0.1, 0.15) is 17.2 Å². The molecule has 2 aromatic heterocycles. The lowest BCUT2D eigenvalue weighted by Crippen LogP contribution is -2.32. The van der Waals surface area contributed by atoms with Gasteiger partial charge in [0.15, 0.2) is 11.6 Å². The number of rotatable bonds is 4. The Hall–Kier alpha value is -3.88. The fraction of sp³-hybridized carbons (Fsp3) is 0.182. The third kappa shape index (κ3) is 4.20. The molecule has 1 aliphatic heterocycles. The van der Waals surface area contributed by atoms with Crippen LogP contribution in [0.3, 0.4) is 0 Å². The highest BCUT2D eigenvalue weighted by atomic mass is 19.1. The molecule has 0 atom stereocenters. The van der Waals surface area contributed by atoms with Gasteiger partial charge in [0.05, 0.1) is 23.8 Å². The lowest BCUT2D eigenvalue weighted by atomic mass is 9.99. The Bertz CT molecular complexity index is 1140. The summed E-state index contributed by atoms with van der Waals surface area (Å²) >= 11 is 0. The fourth-order valence-electron chi connectivity index (χ4n) is 3.45. The number of aromatic nitrogens is 3. The average molecular weight is 422 g/mol. The Labute approximate surface area is 177 Å². The van der Waals surface area contributed by atoms with E-state index in [1.165, 1.54) is 24.0 Å². The number of pyridine rings is 1. The second kappa shape index (κ2) is 8.47. The molecule has 4 rings (SSSR count). The van der Waals surface area contributed by atoms with Gasteiger partial charge in [-0.2, -0.15) is 0 Å². The lowest BCUT2D eigenvalue weighted by molar-refractivity contribution is 0.101. The summed E-state index contributed by atoms with van der Waals surface area (Å²) in [6.45, 7) is 3.38. The second-order valence-electron chi connectivity index (χ2n) is 7.18. The number of hydrogen-bond acceptors (Lipinski definition) is 6. The van der Waals surface area contributed by atoms with Crippen LogP contribution in [-0.4, -0.2) is 33.9 Å². The van der Waals surface area contributed by atoms with Crippen molar-refractivity contribution in [3.05, 3.63) is 77.4 Å². The third-order valence-corrected chi connectivity index (χ3v) is 5.13. The number of nitrogens with one attached hydrogen (secondary N) is 1. The van der Waals surface area contributed by atoms with Crippen molar-refractivity contribution in [2.75, 3.05) is 29.0 Å². The average Bonchev–Trinajstić information content (AvgIpc) is 2.75. The molecular weight excluding hydrogens is 402 g/mol. The summed E-state index contributed by atoms with van der Waals surface area (Å²) in [5.74, 6) is -2.01. The predicted molar refractivity (Wildman–Crippen MR) is 114 cm³/mol. The van der Waals surface area contributed by atoms with Gasteiger partial charge in [-0.3, -0.25) is 9.78 Å². The van der Waals surface area contributed by atoms with Gasteiger partial charge in [-0.1, -0.05) is 11.6 Å². The van der Waals surface area contributed by atoms with Crippen molar-refractivity contribution in [2.45, 2.75) is 13.3 Å². The van der Waals surface area contributed by atoms with E-state index in [0.29, 0.717) is 17.9 Å². The Balaban J connectivity index is 1.52. The van der Waals surface area contributed by atoms with Crippen LogP contribution in [0.25, 0.3) is 5.57 Å². The van der Waals surface area contributed by atoms with E-state index in [4.69, 9.17) is 5.73 Å². The highest BCUT2D eigenvalue weighted by molar-refractivity contribution is 6.04. The first-order valence-corrected chi connectivity index (χ1v) is 9.66. The van der Waals surface area contributed by atoms with Crippen molar-refractivity contribution in [1.29, 1.82) is 0 Å². The number of anilines is 3. The van der Waals surface area contributed by atoms with Crippen LogP contribution in [0.15, 0.2) is 54.5 Å². The van der Waals surface area contributed by atoms with E-state index in [1.807, 2.05) is 13.0 Å². The SMILES string of the molecule is CC1=C(c2cnc(NC(=O)c3c(F)cccc3F)cn2)CN(c2ncccc2N)CC1. The number of nitrogens with two attached hydrogens (primary N) is 1. The van der Waals surface area contributed by atoms with Gasteiger partial charge in [0.25, 0.3) is 5.91 Å². The molecule has 3 aromatic rings. The van der Waals surface area contributed by atoms with Gasteiger partial charge in [-0.15, -0.1) is 0 Å². The second-order valence-corrected chi connectivity index (χ2v) is 7.18. The molecule has 0 unspecified atom stereocenters. The maximum atomic E-state index is 13.8. The number of nitrogens with zero attached hydrogens (tertiary/aromatic N) is 4. The van der Waals surface area contributed by atoms with Crippen molar-refractivity contribution in [2.24, 2.45) is 0 Å². The maximum Gasteiger partial charge on any atom is 0.262 e. The highest BCUT2D eigenvalue weighted by Crippen LogP contribution is 2.30. The standard InChI is InChI=1S/C22H20F2N6O/c1-13-7-9-30(21-17(25)6-3-8-26-21)12-14(13)18-10-28-19(11-27-18)29-22(31)20-15(23)4-2-5-16(20)24/h2-6,8,10-11H,7,9,12,25H2,1H3,(H,28,29,31). The number of carbonyl (C=O) groups excluding carboxylic acids is 1. The Morgan fingerprint density at radius 3 is 2.55 bits per heavy atom. The molecule has 1 aliphatic rings. The number of benzene rings is 1. The summed E-state index contributed by atoms with van der Waals surface area (Å²) in [5.41, 5.74) is 8.81. The van der Waals surface area contributed by atoms with Crippen LogP contribution >= 0.6 is 0 Å². The van der Waals surface area contributed by atoms with Crippen molar-refractivity contribution in [1.82, 2.24) is 15.0 Å². The molecule has 0 spiro atoms. The fourth-order valence-corrected chi connectivity index (χ4v) is 3.45. The molecule has 0 bridgehead atoms. The van der Waals surface area contributed by atoms with Gasteiger partial charge in [-0.25, -0.2) is 18.7 Å². The highest BCUT2D eigenvalue weighted by Gasteiger charge is 2.22. The summed E-state index contributed by atoms with van der Waals surface area (Å²) in [6.07, 6.45) is 5.40. The summed E-state index contributed by atoms with van der Waals surface area (Å²) < 4.78 is 27.6. The normalized spacial score (nSPS) is 14.0. The molecule has 0 saturated heterocycles. The molecule has 158 valence electrons. The van der Waals surface area contributed by atoms with Crippen LogP contribution in [0.1, 0.15) is 29.4 Å². The number of amides is 1. The van der Waals surface area contributed by atoms with E-state index in [1.54, 1.807) is 12.3 Å². The van der Waals surface area contributed by atoms with E-state index in [0.717, 1.165) is 36.5 Å². The summed E-state index contributed by atoms with van der Waals surface area (Å²) in [4.78, 5) is 27.3. The van der Waals surface area contributed by atoms with Crippen molar-refractivity contribution in [3.63, 3.8) is 0 Å². The van der Waals surface area contributed by atoms with Crippen LogP contribution in [0, 0.1) is 11.6 Å². The van der Waals surface area contributed by atoms with E-state index in [-0.39, 0.29) is 5.82 Å². The Morgan fingerprint density at radius 2 is 1.87 bits per heavy atom. The molecule has 3 heterocycles. The largest absolute Gasteiger partial charge is 0.396 e. The van der Waals surface area contributed by atoms with Crippen molar-refractivity contribution < 1.29 is 13.6 Å². The van der Waals surface area contributed by atoms with E-state index in [2.05, 4.69) is 25.2 Å². The van der Waals surface area contributed by atoms with E-state index < -0.39 is 23.1 Å². The van der Waals surface area contributed by atoms with Gasteiger partial charge in [0.2, 0.25) is 0 Å². The molecule has 7 nitrogen and oxygen atoms in total. The van der Waals surface area contributed by atoms with Crippen LogP contribution in [-0.2, 0) is 0 Å². The summed E-state index contributed by atoms with van der Waals surface area (Å²) in [7, 11) is 0. The summed E-state index contributed by atoms with van der Waals surface area (Å²) in [5, 5.41) is 2.38. The minimum absolute atomic E-state index is 0.0938. The quantitative estimate of drug-likeness (QED) is 0.666. The monoisotopic (exact) mass is 422 g/mol. The van der Waals surface area contributed by atoms with Crippen molar-refractivity contribution >= 4 is 28.8 Å². The zero-order valence-corrected chi connectivity index (χ0v) is 16.8. The smallest absolute Gasteiger partial charge is 0.262 e. The van der Waals surface area contributed by atoms with Gasteiger partial charge in [-0.05, 0) is 43.2 Å². The minimum Gasteiger partial charge on any atom is -0.396 e. The lowest BCUT2D eigenvalue weighted by Gasteiger charge is -2.31. The van der Waals surface area contributed by atoms with Gasteiger partial charge < -0.3 is 16.0 Å². The number of hydrogen-bond donors (Lipinski definition) is 2. The zero-order valence-electron chi connectivity index (χ0n) is 16.8. The third-order valence-electron chi connectivity index (χ3n) is 5.13. The Morgan fingerprint density at radius 1 is 1.10 bits per heavy atom. The molecule has 9 heteroatoms. The first-order valence-electron chi connectivity index (χ1n) is 9.66. The van der Waals surface area contributed by atoms with Gasteiger partial charge in [0, 0.05) is 19.3 Å². The van der Waals surface area contributed by atoms with Crippen LogP contribution in [0.4, 0.5) is 26.1 Å². The van der Waals surface area contributed by atoms with Crippen LogP contribution in [0.5, 0.6) is 0 Å².